The van der Waals surface area contributed by atoms with Crippen LogP contribution in [0.15, 0.2) is 24.3 Å². The largest absolute Gasteiger partial charge is 0.379 e. The fraction of sp³-hybridized carbons (Fsp3) is 0.667. The topological polar surface area (TPSA) is 44.8 Å². The van der Waals surface area contributed by atoms with Crippen molar-refractivity contribution in [3.63, 3.8) is 0 Å². The van der Waals surface area contributed by atoms with Crippen LogP contribution in [0.3, 0.4) is 0 Å². The minimum atomic E-state index is 0.211. The van der Waals surface area contributed by atoms with Crippen LogP contribution < -0.4 is 10.2 Å². The van der Waals surface area contributed by atoms with Crippen LogP contribution in [0.5, 0.6) is 0 Å². The van der Waals surface area contributed by atoms with Gasteiger partial charge in [0, 0.05) is 45.3 Å². The Balaban J connectivity index is 1.67. The van der Waals surface area contributed by atoms with E-state index in [0.717, 1.165) is 39.1 Å². The molecule has 1 saturated carbocycles. The second-order valence-electron chi connectivity index (χ2n) is 7.73. The third kappa shape index (κ3) is 4.98. The van der Waals surface area contributed by atoms with Crippen LogP contribution in [0.25, 0.3) is 0 Å². The van der Waals surface area contributed by atoms with Crippen molar-refractivity contribution in [2.45, 2.75) is 38.1 Å². The van der Waals surface area contributed by atoms with E-state index in [0.29, 0.717) is 6.54 Å². The summed E-state index contributed by atoms with van der Waals surface area (Å²) in [5.74, 6) is 0.457. The predicted octanol–water partition coefficient (Wildman–Crippen LogP) is 2.82. The van der Waals surface area contributed by atoms with Crippen molar-refractivity contribution in [1.29, 1.82) is 0 Å². The fourth-order valence-electron chi connectivity index (χ4n) is 4.05. The van der Waals surface area contributed by atoms with Gasteiger partial charge in [-0.2, -0.15) is 0 Å². The molecular weight excluding hydrogens is 326 g/mol. The van der Waals surface area contributed by atoms with Crippen LogP contribution in [0.4, 0.5) is 5.69 Å². The Kier molecular flexibility index (Phi) is 6.92. The number of ether oxygens (including phenoxy) is 1. The summed E-state index contributed by atoms with van der Waals surface area (Å²) >= 11 is 0. The molecule has 1 aliphatic carbocycles. The highest BCUT2D eigenvalue weighted by atomic mass is 16.5. The van der Waals surface area contributed by atoms with Crippen LogP contribution in [0, 0.1) is 5.92 Å². The molecule has 1 aliphatic heterocycles. The molecule has 1 atom stereocenters. The van der Waals surface area contributed by atoms with Gasteiger partial charge in [-0.25, -0.2) is 0 Å². The third-order valence-corrected chi connectivity index (χ3v) is 5.73. The lowest BCUT2D eigenvalue weighted by Gasteiger charge is -2.35. The van der Waals surface area contributed by atoms with Crippen molar-refractivity contribution in [2.24, 2.45) is 5.92 Å². The summed E-state index contributed by atoms with van der Waals surface area (Å²) < 4.78 is 5.52. The van der Waals surface area contributed by atoms with E-state index in [2.05, 4.69) is 53.5 Å². The molecule has 3 rings (SSSR count). The summed E-state index contributed by atoms with van der Waals surface area (Å²) in [5, 5.41) is 3.25. The summed E-state index contributed by atoms with van der Waals surface area (Å²) in [6.45, 7) is 4.04. The molecule has 0 spiro atoms. The lowest BCUT2D eigenvalue weighted by atomic mass is 9.88. The molecule has 5 heteroatoms. The summed E-state index contributed by atoms with van der Waals surface area (Å²) in [7, 11) is 4.11. The molecule has 1 heterocycles. The lowest BCUT2D eigenvalue weighted by Crippen LogP contribution is -2.44. The maximum Gasteiger partial charge on any atom is 0.223 e. The molecule has 0 aromatic heterocycles. The first-order valence-electron chi connectivity index (χ1n) is 10.0. The van der Waals surface area contributed by atoms with Gasteiger partial charge in [-0.1, -0.05) is 31.4 Å². The average Bonchev–Trinajstić information content (AvgIpc) is 2.70. The molecule has 26 heavy (non-hydrogen) atoms. The maximum atomic E-state index is 12.6. The minimum Gasteiger partial charge on any atom is -0.379 e. The SMILES string of the molecule is CN(C)c1ccc([C@H](CNC(=O)C2CCCCC2)N2CCOCC2)cc1. The van der Waals surface area contributed by atoms with Gasteiger partial charge in [0.05, 0.1) is 19.3 Å². The summed E-state index contributed by atoms with van der Waals surface area (Å²) in [4.78, 5) is 17.1. The van der Waals surface area contributed by atoms with Gasteiger partial charge in [0.25, 0.3) is 0 Å². The minimum absolute atomic E-state index is 0.211. The normalized spacial score (nSPS) is 20.5. The first-order chi connectivity index (χ1) is 12.6. The number of hydrogen-bond donors (Lipinski definition) is 1. The zero-order valence-corrected chi connectivity index (χ0v) is 16.2. The van der Waals surface area contributed by atoms with Gasteiger partial charge >= 0.3 is 0 Å². The molecule has 0 radical (unpaired) electrons. The molecular formula is C21H33N3O2. The Morgan fingerprint density at radius 2 is 1.81 bits per heavy atom. The second-order valence-corrected chi connectivity index (χ2v) is 7.73. The standard InChI is InChI=1S/C21H33N3O2/c1-23(2)19-10-8-17(9-11-19)20(24-12-14-26-15-13-24)16-22-21(25)18-6-4-3-5-7-18/h8-11,18,20H,3-7,12-16H2,1-2H3,(H,22,25)/t20-/m0/s1. The van der Waals surface area contributed by atoms with Crippen LogP contribution >= 0.6 is 0 Å². The number of hydrogen-bond acceptors (Lipinski definition) is 4. The molecule has 1 saturated heterocycles. The van der Waals surface area contributed by atoms with Crippen LogP contribution in [0.1, 0.15) is 43.7 Å². The molecule has 2 fully saturated rings. The van der Waals surface area contributed by atoms with E-state index in [9.17, 15) is 4.79 Å². The quantitative estimate of drug-likeness (QED) is 0.848. The molecule has 1 amide bonds. The van der Waals surface area contributed by atoms with Gasteiger partial charge < -0.3 is 15.0 Å². The Morgan fingerprint density at radius 1 is 1.15 bits per heavy atom. The third-order valence-electron chi connectivity index (χ3n) is 5.73. The maximum absolute atomic E-state index is 12.6. The van der Waals surface area contributed by atoms with Crippen molar-refractivity contribution < 1.29 is 9.53 Å². The first-order valence-corrected chi connectivity index (χ1v) is 10.0. The molecule has 1 aromatic carbocycles. The highest BCUT2D eigenvalue weighted by molar-refractivity contribution is 5.78. The van der Waals surface area contributed by atoms with E-state index in [4.69, 9.17) is 4.74 Å². The Hall–Kier alpha value is -1.59. The lowest BCUT2D eigenvalue weighted by molar-refractivity contribution is -0.126. The number of morpholine rings is 1. The molecule has 2 aliphatic rings. The number of carbonyl (C=O) groups is 1. The van der Waals surface area contributed by atoms with Gasteiger partial charge in [0.15, 0.2) is 0 Å². The molecule has 1 N–H and O–H groups in total. The summed E-state index contributed by atoms with van der Waals surface area (Å²) in [5.41, 5.74) is 2.46. The van der Waals surface area contributed by atoms with Gasteiger partial charge in [-0.05, 0) is 30.5 Å². The van der Waals surface area contributed by atoms with Gasteiger partial charge in [-0.15, -0.1) is 0 Å². The van der Waals surface area contributed by atoms with E-state index < -0.39 is 0 Å². The van der Waals surface area contributed by atoms with Crippen molar-refractivity contribution in [2.75, 3.05) is 51.8 Å². The Morgan fingerprint density at radius 3 is 2.42 bits per heavy atom. The van der Waals surface area contributed by atoms with Crippen molar-refractivity contribution in [3.8, 4) is 0 Å². The summed E-state index contributed by atoms with van der Waals surface area (Å²) in [6.07, 6.45) is 5.75. The predicted molar refractivity (Wildman–Crippen MR) is 105 cm³/mol. The molecule has 5 nitrogen and oxygen atoms in total. The average molecular weight is 360 g/mol. The van der Waals surface area contributed by atoms with E-state index in [-0.39, 0.29) is 17.9 Å². The van der Waals surface area contributed by atoms with Crippen LogP contribution in [0.2, 0.25) is 0 Å². The molecule has 1 aromatic rings. The number of amides is 1. The number of rotatable bonds is 6. The monoisotopic (exact) mass is 359 g/mol. The second kappa shape index (κ2) is 9.38. The number of benzene rings is 1. The van der Waals surface area contributed by atoms with Crippen LogP contribution in [-0.2, 0) is 9.53 Å². The highest BCUT2D eigenvalue weighted by Crippen LogP contribution is 2.26. The number of carbonyl (C=O) groups excluding carboxylic acids is 1. The zero-order valence-electron chi connectivity index (χ0n) is 16.2. The van der Waals surface area contributed by atoms with E-state index in [1.165, 1.54) is 30.5 Å². The number of nitrogens with zero attached hydrogens (tertiary/aromatic N) is 2. The molecule has 0 unspecified atom stereocenters. The van der Waals surface area contributed by atoms with Crippen molar-refractivity contribution >= 4 is 11.6 Å². The van der Waals surface area contributed by atoms with E-state index in [1.807, 2.05) is 0 Å². The highest BCUT2D eigenvalue weighted by Gasteiger charge is 2.26. The summed E-state index contributed by atoms with van der Waals surface area (Å²) in [6, 6.07) is 8.92. The van der Waals surface area contributed by atoms with Crippen molar-refractivity contribution in [1.82, 2.24) is 10.2 Å². The smallest absolute Gasteiger partial charge is 0.223 e. The molecule has 0 bridgehead atoms. The van der Waals surface area contributed by atoms with Crippen LogP contribution in [-0.4, -0.2) is 57.8 Å². The Labute approximate surface area is 157 Å². The number of anilines is 1. The van der Waals surface area contributed by atoms with Gasteiger partial charge in [0.2, 0.25) is 5.91 Å². The Bertz CT molecular complexity index is 561. The van der Waals surface area contributed by atoms with Gasteiger partial charge in [0.1, 0.15) is 0 Å². The first kappa shape index (κ1) is 19.2. The van der Waals surface area contributed by atoms with Gasteiger partial charge in [-0.3, -0.25) is 9.69 Å². The van der Waals surface area contributed by atoms with Crippen molar-refractivity contribution in [3.05, 3.63) is 29.8 Å². The number of nitrogens with one attached hydrogen (secondary N) is 1. The van der Waals surface area contributed by atoms with E-state index >= 15 is 0 Å². The zero-order chi connectivity index (χ0) is 18.4. The fourth-order valence-corrected chi connectivity index (χ4v) is 4.05. The van der Waals surface area contributed by atoms with E-state index in [1.54, 1.807) is 0 Å². The molecule has 144 valence electrons.